The Labute approximate surface area is 200 Å². The molecule has 5 rings (SSSR count). The lowest BCUT2D eigenvalue weighted by atomic mass is 9.78. The number of fused-ring (bicyclic) bond motifs is 2. The Morgan fingerprint density at radius 3 is 2.82 bits per heavy atom. The van der Waals surface area contributed by atoms with Gasteiger partial charge in [-0.1, -0.05) is 23.4 Å². The monoisotopic (exact) mass is 477 g/mol. The van der Waals surface area contributed by atoms with Gasteiger partial charge in [-0.15, -0.1) is 0 Å². The maximum Gasteiger partial charge on any atom is 0.258 e. The lowest BCUT2D eigenvalue weighted by Crippen LogP contribution is -2.13. The lowest BCUT2D eigenvalue weighted by molar-refractivity contribution is 0.432. The minimum absolute atomic E-state index is 0.248. The van der Waals surface area contributed by atoms with Crippen molar-refractivity contribution in [1.82, 2.24) is 14.7 Å². The van der Waals surface area contributed by atoms with Gasteiger partial charge in [-0.2, -0.15) is 4.98 Å². The van der Waals surface area contributed by atoms with Crippen molar-refractivity contribution in [2.24, 2.45) is 0 Å². The second kappa shape index (κ2) is 9.02. The lowest BCUT2D eigenvalue weighted by Gasteiger charge is -2.26. The Bertz CT molecular complexity index is 1430. The van der Waals surface area contributed by atoms with E-state index in [0.29, 0.717) is 30.1 Å². The van der Waals surface area contributed by atoms with Crippen LogP contribution in [0.3, 0.4) is 0 Å². The highest BCUT2D eigenvalue weighted by Crippen LogP contribution is 2.39. The molecule has 0 saturated carbocycles. The molecule has 0 bridgehead atoms. The van der Waals surface area contributed by atoms with Gasteiger partial charge in [0, 0.05) is 46.3 Å². The average Bonchev–Trinajstić information content (AvgIpc) is 3.45. The van der Waals surface area contributed by atoms with Crippen LogP contribution in [0.5, 0.6) is 0 Å². The molecule has 0 aliphatic heterocycles. The first-order chi connectivity index (χ1) is 16.3. The van der Waals surface area contributed by atoms with E-state index in [1.807, 2.05) is 6.07 Å². The van der Waals surface area contributed by atoms with E-state index in [0.717, 1.165) is 42.2 Å². The molecule has 0 fully saturated rings. The number of aromatic nitrogens is 3. The third kappa shape index (κ3) is 4.53. The van der Waals surface area contributed by atoms with Gasteiger partial charge in [-0.05, 0) is 87.3 Å². The first-order valence-electron chi connectivity index (χ1n) is 12.0. The molecule has 0 amide bonds. The van der Waals surface area contributed by atoms with Crippen LogP contribution in [0.25, 0.3) is 33.7 Å². The first kappa shape index (κ1) is 22.8. The van der Waals surface area contributed by atoms with E-state index in [1.54, 1.807) is 0 Å². The SMILES string of the molecule is CC(C)n1ccc2cc(-c3nc(-c4cccc5c4CCCC5CCCS(C)(=O)=O)no3)ccc21. The van der Waals surface area contributed by atoms with E-state index in [4.69, 9.17) is 9.51 Å². The van der Waals surface area contributed by atoms with Gasteiger partial charge in [-0.25, -0.2) is 8.42 Å². The standard InChI is InChI=1S/C27H31N3O3S/c1-18(2)30-15-14-20-17-21(12-13-25(20)30)27-28-26(29-33-27)24-11-5-9-22-19(7-4-10-23(22)24)8-6-16-34(3,31)32/h5,9,11-15,17-19H,4,6-8,10,16H2,1-3H3. The topological polar surface area (TPSA) is 78.0 Å². The first-order valence-corrected chi connectivity index (χ1v) is 14.1. The summed E-state index contributed by atoms with van der Waals surface area (Å²) >= 11 is 0. The van der Waals surface area contributed by atoms with Crippen molar-refractivity contribution < 1.29 is 12.9 Å². The molecule has 0 spiro atoms. The third-order valence-corrected chi connectivity index (χ3v) is 7.92. The van der Waals surface area contributed by atoms with Crippen LogP contribution < -0.4 is 0 Å². The molecule has 1 aliphatic rings. The smallest absolute Gasteiger partial charge is 0.258 e. The van der Waals surface area contributed by atoms with E-state index in [9.17, 15) is 8.42 Å². The van der Waals surface area contributed by atoms with Crippen molar-refractivity contribution in [3.63, 3.8) is 0 Å². The summed E-state index contributed by atoms with van der Waals surface area (Å²) in [6.45, 7) is 4.35. The average molecular weight is 478 g/mol. The molecule has 2 heterocycles. The van der Waals surface area contributed by atoms with Crippen LogP contribution in [0.4, 0.5) is 0 Å². The van der Waals surface area contributed by atoms with Crippen molar-refractivity contribution in [1.29, 1.82) is 0 Å². The number of nitrogens with zero attached hydrogens (tertiary/aromatic N) is 3. The molecule has 1 aliphatic carbocycles. The molecule has 178 valence electrons. The number of hydrogen-bond donors (Lipinski definition) is 0. The van der Waals surface area contributed by atoms with Crippen LogP contribution in [0.1, 0.15) is 62.6 Å². The number of sulfone groups is 1. The van der Waals surface area contributed by atoms with E-state index in [-0.39, 0.29) is 5.75 Å². The second-order valence-corrected chi connectivity index (χ2v) is 12.0. The number of rotatable bonds is 7. The summed E-state index contributed by atoms with van der Waals surface area (Å²) in [6, 6.07) is 15.1. The highest BCUT2D eigenvalue weighted by atomic mass is 32.2. The number of hydrogen-bond acceptors (Lipinski definition) is 5. The molecule has 2 aromatic heterocycles. The molecule has 4 aromatic rings. The predicted molar refractivity (Wildman–Crippen MR) is 136 cm³/mol. The molecule has 0 N–H and O–H groups in total. The summed E-state index contributed by atoms with van der Waals surface area (Å²) in [5.74, 6) is 1.76. The van der Waals surface area contributed by atoms with Crippen molar-refractivity contribution in [3.8, 4) is 22.8 Å². The van der Waals surface area contributed by atoms with E-state index in [2.05, 4.69) is 66.2 Å². The predicted octanol–water partition coefficient (Wildman–Crippen LogP) is 6.18. The highest BCUT2D eigenvalue weighted by molar-refractivity contribution is 7.90. The van der Waals surface area contributed by atoms with Crippen LogP contribution in [0, 0.1) is 0 Å². The van der Waals surface area contributed by atoms with Crippen LogP contribution >= 0.6 is 0 Å². The fraction of sp³-hybridized carbons (Fsp3) is 0.407. The Morgan fingerprint density at radius 2 is 2.03 bits per heavy atom. The summed E-state index contributed by atoms with van der Waals surface area (Å²) in [7, 11) is -2.93. The largest absolute Gasteiger partial charge is 0.345 e. The fourth-order valence-electron chi connectivity index (χ4n) is 5.25. The van der Waals surface area contributed by atoms with Gasteiger partial charge in [0.25, 0.3) is 5.89 Å². The maximum atomic E-state index is 11.6. The van der Waals surface area contributed by atoms with E-state index >= 15 is 0 Å². The van der Waals surface area contributed by atoms with E-state index < -0.39 is 9.84 Å². The zero-order valence-electron chi connectivity index (χ0n) is 20.0. The quantitative estimate of drug-likeness (QED) is 0.317. The van der Waals surface area contributed by atoms with Crippen LogP contribution in [0.2, 0.25) is 0 Å². The molecule has 0 radical (unpaired) electrons. The van der Waals surface area contributed by atoms with Crippen molar-refractivity contribution in [2.75, 3.05) is 12.0 Å². The summed E-state index contributed by atoms with van der Waals surface area (Å²) in [5, 5.41) is 5.49. The minimum atomic E-state index is -2.93. The van der Waals surface area contributed by atoms with Crippen LogP contribution in [0.15, 0.2) is 53.2 Å². The zero-order valence-corrected chi connectivity index (χ0v) is 20.8. The summed E-state index contributed by atoms with van der Waals surface area (Å²) in [4.78, 5) is 4.76. The molecular weight excluding hydrogens is 446 g/mol. The van der Waals surface area contributed by atoms with Crippen molar-refractivity contribution in [2.45, 2.75) is 57.9 Å². The molecule has 2 aromatic carbocycles. The molecule has 0 saturated heterocycles. The van der Waals surface area contributed by atoms with Gasteiger partial charge >= 0.3 is 0 Å². The molecule has 34 heavy (non-hydrogen) atoms. The van der Waals surface area contributed by atoms with Crippen LogP contribution in [-0.2, 0) is 16.3 Å². The van der Waals surface area contributed by atoms with Gasteiger partial charge in [0.15, 0.2) is 0 Å². The zero-order chi connectivity index (χ0) is 23.9. The maximum absolute atomic E-state index is 11.6. The normalized spacial score (nSPS) is 16.3. The van der Waals surface area contributed by atoms with Gasteiger partial charge in [0.2, 0.25) is 5.82 Å². The third-order valence-electron chi connectivity index (χ3n) is 6.89. The molecule has 1 unspecified atom stereocenters. The minimum Gasteiger partial charge on any atom is -0.345 e. The fourth-order valence-corrected chi connectivity index (χ4v) is 5.94. The van der Waals surface area contributed by atoms with Crippen molar-refractivity contribution >= 4 is 20.7 Å². The van der Waals surface area contributed by atoms with Crippen LogP contribution in [-0.4, -0.2) is 35.1 Å². The Hall–Kier alpha value is -2.93. The van der Waals surface area contributed by atoms with Crippen molar-refractivity contribution in [3.05, 3.63) is 59.8 Å². The molecular formula is C27H31N3O3S. The summed E-state index contributed by atoms with van der Waals surface area (Å²) < 4.78 is 31.0. The number of benzene rings is 2. The highest BCUT2D eigenvalue weighted by Gasteiger charge is 2.24. The summed E-state index contributed by atoms with van der Waals surface area (Å²) in [6.07, 6.45) is 8.16. The molecule has 1 atom stereocenters. The van der Waals surface area contributed by atoms with Gasteiger partial charge in [0.1, 0.15) is 9.84 Å². The molecule has 6 nitrogen and oxygen atoms in total. The van der Waals surface area contributed by atoms with Gasteiger partial charge < -0.3 is 9.09 Å². The van der Waals surface area contributed by atoms with E-state index in [1.165, 1.54) is 22.9 Å². The second-order valence-electron chi connectivity index (χ2n) is 9.75. The Kier molecular flexibility index (Phi) is 6.06. The van der Waals surface area contributed by atoms with Gasteiger partial charge in [-0.3, -0.25) is 0 Å². The summed E-state index contributed by atoms with van der Waals surface area (Å²) in [5.41, 5.74) is 5.70. The Morgan fingerprint density at radius 1 is 1.18 bits per heavy atom. The van der Waals surface area contributed by atoms with Gasteiger partial charge in [0.05, 0.1) is 0 Å². The molecule has 7 heteroatoms. The Balaban J connectivity index is 1.42.